The molecule has 0 unspecified atom stereocenters. The first-order chi connectivity index (χ1) is 7.63. The van der Waals surface area contributed by atoms with Crippen LogP contribution in [0.1, 0.15) is 25.7 Å². The highest BCUT2D eigenvalue weighted by Crippen LogP contribution is 2.24. The molecule has 3 N–H and O–H groups in total. The van der Waals surface area contributed by atoms with Gasteiger partial charge in [-0.2, -0.15) is 0 Å². The Bertz CT molecular complexity index is 252. The van der Waals surface area contributed by atoms with Crippen LogP contribution in [0, 0.1) is 5.92 Å². The van der Waals surface area contributed by atoms with Crippen LogP contribution in [-0.2, 0) is 4.79 Å². The monoisotopic (exact) mass is 232 g/mol. The van der Waals surface area contributed by atoms with Gasteiger partial charge in [-0.15, -0.1) is 0 Å². The summed E-state index contributed by atoms with van der Waals surface area (Å²) < 4.78 is 11.8. The first-order valence-electron chi connectivity index (χ1n) is 5.46. The zero-order chi connectivity index (χ0) is 12.0. The number of carbonyl (C=O) groups is 2. The van der Waals surface area contributed by atoms with Crippen LogP contribution < -0.4 is 10.6 Å². The molecule has 0 spiro atoms. The van der Waals surface area contributed by atoms with Gasteiger partial charge in [0.25, 0.3) is 0 Å². The minimum atomic E-state index is -0.764. The molecule has 92 valence electrons. The maximum atomic E-state index is 11.8. The highest BCUT2D eigenvalue weighted by molar-refractivity contribution is 5.74. The third-order valence-corrected chi connectivity index (χ3v) is 2.79. The van der Waals surface area contributed by atoms with Gasteiger partial charge >= 0.3 is 12.0 Å². The van der Waals surface area contributed by atoms with Crippen molar-refractivity contribution in [3.8, 4) is 0 Å². The van der Waals surface area contributed by atoms with E-state index in [1.54, 1.807) is 0 Å². The Kier molecular flexibility index (Phi) is 5.01. The number of carbonyl (C=O) groups excluding carboxylic acids is 1. The Labute approximate surface area is 93.4 Å². The maximum Gasteiger partial charge on any atom is 0.315 e. The summed E-state index contributed by atoms with van der Waals surface area (Å²) in [6, 6.07) is -0.369. The third kappa shape index (κ3) is 4.04. The molecule has 0 saturated heterocycles. The molecular formula is C10H17FN2O3. The van der Waals surface area contributed by atoms with Crippen molar-refractivity contribution in [2.45, 2.75) is 31.7 Å². The molecule has 1 fully saturated rings. The van der Waals surface area contributed by atoms with Gasteiger partial charge < -0.3 is 15.7 Å². The number of alkyl halides is 1. The maximum absolute atomic E-state index is 11.8. The van der Waals surface area contributed by atoms with E-state index in [-0.39, 0.29) is 24.5 Å². The number of amides is 2. The van der Waals surface area contributed by atoms with Crippen LogP contribution in [0.2, 0.25) is 0 Å². The lowest BCUT2D eigenvalue weighted by atomic mass is 9.86. The Morgan fingerprint density at radius 2 is 1.88 bits per heavy atom. The number of aliphatic carboxylic acids is 1. The van der Waals surface area contributed by atoms with Crippen molar-refractivity contribution in [3.63, 3.8) is 0 Å². The van der Waals surface area contributed by atoms with Crippen LogP contribution in [0.3, 0.4) is 0 Å². The predicted molar refractivity (Wildman–Crippen MR) is 55.9 cm³/mol. The molecule has 0 heterocycles. The largest absolute Gasteiger partial charge is 0.481 e. The highest BCUT2D eigenvalue weighted by atomic mass is 19.1. The molecule has 0 radical (unpaired) electrons. The minimum absolute atomic E-state index is 0.00945. The lowest BCUT2D eigenvalue weighted by Gasteiger charge is -2.26. The van der Waals surface area contributed by atoms with E-state index in [4.69, 9.17) is 5.11 Å². The van der Waals surface area contributed by atoms with Gasteiger partial charge in [0.05, 0.1) is 5.92 Å². The zero-order valence-corrected chi connectivity index (χ0v) is 9.04. The van der Waals surface area contributed by atoms with Crippen LogP contribution >= 0.6 is 0 Å². The number of hydrogen-bond acceptors (Lipinski definition) is 2. The molecule has 0 aromatic carbocycles. The summed E-state index contributed by atoms with van der Waals surface area (Å²) in [7, 11) is 0. The second-order valence-corrected chi connectivity index (χ2v) is 3.98. The van der Waals surface area contributed by atoms with E-state index >= 15 is 0 Å². The van der Waals surface area contributed by atoms with Gasteiger partial charge in [-0.3, -0.25) is 4.79 Å². The fraction of sp³-hybridized carbons (Fsp3) is 0.800. The second-order valence-electron chi connectivity index (χ2n) is 3.98. The summed E-state index contributed by atoms with van der Waals surface area (Å²) in [5, 5.41) is 13.9. The van der Waals surface area contributed by atoms with Gasteiger partial charge in [0, 0.05) is 12.6 Å². The molecule has 1 rings (SSSR count). The van der Waals surface area contributed by atoms with E-state index in [0.717, 1.165) is 0 Å². The van der Waals surface area contributed by atoms with E-state index < -0.39 is 12.6 Å². The Morgan fingerprint density at radius 3 is 2.38 bits per heavy atom. The molecule has 0 atom stereocenters. The van der Waals surface area contributed by atoms with Crippen LogP contribution in [0.5, 0.6) is 0 Å². The quantitative estimate of drug-likeness (QED) is 0.673. The summed E-state index contributed by atoms with van der Waals surface area (Å²) in [5.41, 5.74) is 0. The van der Waals surface area contributed by atoms with E-state index in [1.807, 2.05) is 0 Å². The highest BCUT2D eigenvalue weighted by Gasteiger charge is 2.26. The predicted octanol–water partition coefficient (Wildman–Crippen LogP) is 0.898. The van der Waals surface area contributed by atoms with Crippen molar-refractivity contribution >= 4 is 12.0 Å². The minimum Gasteiger partial charge on any atom is -0.481 e. The van der Waals surface area contributed by atoms with E-state index in [2.05, 4.69) is 10.6 Å². The van der Waals surface area contributed by atoms with E-state index in [9.17, 15) is 14.0 Å². The molecule has 0 aliphatic heterocycles. The lowest BCUT2D eigenvalue weighted by Crippen LogP contribution is -2.44. The number of halogens is 1. The lowest BCUT2D eigenvalue weighted by molar-refractivity contribution is -0.142. The molecule has 0 bridgehead atoms. The number of urea groups is 1. The van der Waals surface area contributed by atoms with Crippen LogP contribution in [-0.4, -0.2) is 36.4 Å². The van der Waals surface area contributed by atoms with Crippen LogP contribution in [0.4, 0.5) is 9.18 Å². The van der Waals surface area contributed by atoms with E-state index in [0.29, 0.717) is 25.7 Å². The summed E-state index contributed by atoms with van der Waals surface area (Å²) in [4.78, 5) is 21.9. The number of hydrogen-bond donors (Lipinski definition) is 3. The Hall–Kier alpha value is -1.33. The summed E-state index contributed by atoms with van der Waals surface area (Å²) in [5.74, 6) is -1.05. The fourth-order valence-electron chi connectivity index (χ4n) is 1.88. The Balaban J connectivity index is 2.21. The average molecular weight is 232 g/mol. The van der Waals surface area contributed by atoms with Gasteiger partial charge in [-0.25, -0.2) is 9.18 Å². The molecule has 1 aliphatic carbocycles. The molecule has 2 amide bonds. The summed E-state index contributed by atoms with van der Waals surface area (Å²) in [6.07, 6.45) is 2.51. The van der Waals surface area contributed by atoms with Gasteiger partial charge in [0.15, 0.2) is 0 Å². The Morgan fingerprint density at radius 1 is 1.25 bits per heavy atom. The SMILES string of the molecule is O=C(NCCF)NC1CCC(C(=O)O)CC1. The van der Waals surface area contributed by atoms with Crippen molar-refractivity contribution in [3.05, 3.63) is 0 Å². The second kappa shape index (κ2) is 6.30. The third-order valence-electron chi connectivity index (χ3n) is 2.79. The van der Waals surface area contributed by atoms with Gasteiger partial charge in [0.1, 0.15) is 6.67 Å². The zero-order valence-electron chi connectivity index (χ0n) is 9.04. The van der Waals surface area contributed by atoms with Gasteiger partial charge in [-0.05, 0) is 25.7 Å². The van der Waals surface area contributed by atoms with Gasteiger partial charge in [-0.1, -0.05) is 0 Å². The molecular weight excluding hydrogens is 215 g/mol. The summed E-state index contributed by atoms with van der Waals surface area (Å²) in [6.45, 7) is -0.574. The first kappa shape index (κ1) is 12.7. The molecule has 6 heteroatoms. The smallest absolute Gasteiger partial charge is 0.315 e. The molecule has 16 heavy (non-hydrogen) atoms. The number of carboxylic acid groups (broad SMARTS) is 1. The number of carboxylic acids is 1. The average Bonchev–Trinajstić information content (AvgIpc) is 2.27. The summed E-state index contributed by atoms with van der Waals surface area (Å²) >= 11 is 0. The van der Waals surface area contributed by atoms with Crippen molar-refractivity contribution in [2.24, 2.45) is 5.92 Å². The molecule has 1 saturated carbocycles. The van der Waals surface area contributed by atoms with Crippen molar-refractivity contribution in [1.82, 2.24) is 10.6 Å². The van der Waals surface area contributed by atoms with E-state index in [1.165, 1.54) is 0 Å². The van der Waals surface area contributed by atoms with Crippen molar-refractivity contribution < 1.29 is 19.1 Å². The van der Waals surface area contributed by atoms with Crippen molar-refractivity contribution in [1.29, 1.82) is 0 Å². The van der Waals surface area contributed by atoms with Gasteiger partial charge in [0.2, 0.25) is 0 Å². The molecule has 5 nitrogen and oxygen atoms in total. The number of nitrogens with one attached hydrogen (secondary N) is 2. The topological polar surface area (TPSA) is 78.4 Å². The van der Waals surface area contributed by atoms with Crippen LogP contribution in [0.15, 0.2) is 0 Å². The first-order valence-corrected chi connectivity index (χ1v) is 5.46. The van der Waals surface area contributed by atoms with Crippen molar-refractivity contribution in [2.75, 3.05) is 13.2 Å². The normalized spacial score (nSPS) is 24.8. The molecule has 0 aromatic heterocycles. The van der Waals surface area contributed by atoms with Crippen LogP contribution in [0.25, 0.3) is 0 Å². The molecule has 1 aliphatic rings. The molecule has 0 aromatic rings. The standard InChI is InChI=1S/C10H17FN2O3/c11-5-6-12-10(16)13-8-3-1-7(2-4-8)9(14)15/h7-8H,1-6H2,(H,14,15)(H2,12,13,16). The fourth-order valence-corrected chi connectivity index (χ4v) is 1.88. The number of rotatable bonds is 4.